The Morgan fingerprint density at radius 1 is 0.862 bits per heavy atom. The van der Waals surface area contributed by atoms with Crippen LogP contribution in [-0.4, -0.2) is 11.6 Å². The summed E-state index contributed by atoms with van der Waals surface area (Å²) < 4.78 is 11.8. The Bertz CT molecular complexity index is 1080. The maximum absolute atomic E-state index is 6.00. The molecule has 0 saturated heterocycles. The highest BCUT2D eigenvalue weighted by molar-refractivity contribution is 7.13. The minimum atomic E-state index is 0.499. The fourth-order valence-corrected chi connectivity index (χ4v) is 3.78. The van der Waals surface area contributed by atoms with Crippen LogP contribution in [0.4, 0.5) is 5.69 Å². The molecule has 0 unspecified atom stereocenters. The molecule has 1 aromatic heterocycles. The van der Waals surface area contributed by atoms with Crippen molar-refractivity contribution < 1.29 is 9.47 Å². The number of hydrogen-bond donors (Lipinski definition) is 1. The number of anilines is 1. The monoisotopic (exact) mass is 402 g/mol. The van der Waals surface area contributed by atoms with Crippen LogP contribution in [0.15, 0.2) is 78.2 Å². The molecule has 2 N–H and O–H groups in total. The molecule has 4 rings (SSSR count). The van der Waals surface area contributed by atoms with Crippen LogP contribution in [0.3, 0.4) is 0 Å². The Balaban J connectivity index is 1.56. The quantitative estimate of drug-likeness (QED) is 0.383. The largest absolute Gasteiger partial charge is 0.490 e. The summed E-state index contributed by atoms with van der Waals surface area (Å²) in [5, 5.41) is 2.99. The van der Waals surface area contributed by atoms with Crippen LogP contribution in [0.25, 0.3) is 21.8 Å². The van der Waals surface area contributed by atoms with Gasteiger partial charge in [-0.1, -0.05) is 42.5 Å². The van der Waals surface area contributed by atoms with Crippen molar-refractivity contribution >= 4 is 17.0 Å². The first-order valence-electron chi connectivity index (χ1n) is 9.48. The van der Waals surface area contributed by atoms with E-state index in [4.69, 9.17) is 20.2 Å². The fourth-order valence-electron chi connectivity index (χ4n) is 2.96. The van der Waals surface area contributed by atoms with Gasteiger partial charge in [0, 0.05) is 22.2 Å². The molecule has 0 fully saturated rings. The predicted molar refractivity (Wildman–Crippen MR) is 119 cm³/mol. The van der Waals surface area contributed by atoms with Crippen LogP contribution in [0.2, 0.25) is 0 Å². The lowest BCUT2D eigenvalue weighted by atomic mass is 10.1. The number of thiazole rings is 1. The average Bonchev–Trinajstić information content (AvgIpc) is 3.24. The van der Waals surface area contributed by atoms with Gasteiger partial charge in [0.05, 0.1) is 12.3 Å². The molecule has 0 atom stereocenters. The smallest absolute Gasteiger partial charge is 0.161 e. The number of aromatic nitrogens is 1. The molecule has 0 spiro atoms. The molecule has 0 aliphatic carbocycles. The number of rotatable bonds is 7. The summed E-state index contributed by atoms with van der Waals surface area (Å²) >= 11 is 1.61. The first kappa shape index (κ1) is 19.0. The zero-order chi connectivity index (χ0) is 20.1. The standard InChI is InChI=1S/C24H22N2O2S/c1-2-27-23-14-19(10-13-22(23)28-15-17-6-4-3-5-7-17)24-26-21(16-29-24)18-8-11-20(25)12-9-18/h3-14,16H,2,15,25H2,1H3. The van der Waals surface area contributed by atoms with Gasteiger partial charge >= 0.3 is 0 Å². The predicted octanol–water partition coefficient (Wildman–Crippen LogP) is 6.04. The normalized spacial score (nSPS) is 10.7. The summed E-state index contributed by atoms with van der Waals surface area (Å²) in [6.45, 7) is 3.04. The molecule has 0 amide bonds. The van der Waals surface area contributed by atoms with E-state index in [1.807, 2.05) is 79.7 Å². The van der Waals surface area contributed by atoms with Gasteiger partial charge in [-0.25, -0.2) is 4.98 Å². The first-order chi connectivity index (χ1) is 14.2. The number of nitrogens with zero attached hydrogens (tertiary/aromatic N) is 1. The van der Waals surface area contributed by atoms with Gasteiger partial charge in [0.1, 0.15) is 11.6 Å². The number of ether oxygens (including phenoxy) is 2. The summed E-state index contributed by atoms with van der Waals surface area (Å²) in [6, 6.07) is 23.8. The Kier molecular flexibility index (Phi) is 5.77. The Morgan fingerprint density at radius 2 is 1.62 bits per heavy atom. The van der Waals surface area contributed by atoms with E-state index in [1.165, 1.54) is 0 Å². The minimum Gasteiger partial charge on any atom is -0.490 e. The van der Waals surface area contributed by atoms with Gasteiger partial charge < -0.3 is 15.2 Å². The molecule has 29 heavy (non-hydrogen) atoms. The van der Waals surface area contributed by atoms with Gasteiger partial charge in [-0.15, -0.1) is 11.3 Å². The summed E-state index contributed by atoms with van der Waals surface area (Å²) in [4.78, 5) is 4.79. The molecule has 3 aromatic carbocycles. The number of hydrogen-bond acceptors (Lipinski definition) is 5. The van der Waals surface area contributed by atoms with Crippen LogP contribution < -0.4 is 15.2 Å². The van der Waals surface area contributed by atoms with E-state index >= 15 is 0 Å². The SMILES string of the molecule is CCOc1cc(-c2nc(-c3ccc(N)cc3)cs2)ccc1OCc1ccccc1. The lowest BCUT2D eigenvalue weighted by molar-refractivity contribution is 0.269. The van der Waals surface area contributed by atoms with E-state index in [2.05, 4.69) is 5.38 Å². The van der Waals surface area contributed by atoms with Gasteiger partial charge in [-0.2, -0.15) is 0 Å². The topological polar surface area (TPSA) is 57.4 Å². The van der Waals surface area contributed by atoms with Crippen LogP contribution in [0.1, 0.15) is 12.5 Å². The minimum absolute atomic E-state index is 0.499. The fraction of sp³-hybridized carbons (Fsp3) is 0.125. The third-order valence-electron chi connectivity index (χ3n) is 4.44. The molecule has 0 saturated carbocycles. The lowest BCUT2D eigenvalue weighted by Gasteiger charge is -2.13. The molecule has 4 nitrogen and oxygen atoms in total. The molecule has 0 aliphatic heterocycles. The van der Waals surface area contributed by atoms with Crippen molar-refractivity contribution in [3.05, 3.63) is 83.7 Å². The summed E-state index contributed by atoms with van der Waals surface area (Å²) in [5.41, 5.74) is 10.6. The number of nitrogen functional groups attached to an aromatic ring is 1. The van der Waals surface area contributed by atoms with Gasteiger partial charge in [-0.05, 0) is 42.8 Å². The van der Waals surface area contributed by atoms with E-state index in [0.717, 1.165) is 44.6 Å². The van der Waals surface area contributed by atoms with E-state index in [-0.39, 0.29) is 0 Å². The van der Waals surface area contributed by atoms with E-state index in [1.54, 1.807) is 11.3 Å². The molecule has 5 heteroatoms. The molecular formula is C24H22N2O2S. The van der Waals surface area contributed by atoms with Crippen LogP contribution in [-0.2, 0) is 6.61 Å². The van der Waals surface area contributed by atoms with E-state index < -0.39 is 0 Å². The van der Waals surface area contributed by atoms with Crippen LogP contribution in [0, 0.1) is 0 Å². The second kappa shape index (κ2) is 8.80. The van der Waals surface area contributed by atoms with E-state index in [0.29, 0.717) is 13.2 Å². The number of benzene rings is 3. The van der Waals surface area contributed by atoms with Crippen molar-refractivity contribution in [2.45, 2.75) is 13.5 Å². The molecule has 0 radical (unpaired) electrons. The summed E-state index contributed by atoms with van der Waals surface area (Å²) in [6.07, 6.45) is 0. The summed E-state index contributed by atoms with van der Waals surface area (Å²) in [5.74, 6) is 1.46. The Labute approximate surface area is 174 Å². The highest BCUT2D eigenvalue weighted by atomic mass is 32.1. The molecule has 146 valence electrons. The molecule has 1 heterocycles. The molecule has 4 aromatic rings. The van der Waals surface area contributed by atoms with Gasteiger partial charge in [-0.3, -0.25) is 0 Å². The Hall–Kier alpha value is -3.31. The van der Waals surface area contributed by atoms with Crippen LogP contribution in [0.5, 0.6) is 11.5 Å². The van der Waals surface area contributed by atoms with Crippen molar-refractivity contribution in [2.75, 3.05) is 12.3 Å². The van der Waals surface area contributed by atoms with Crippen LogP contribution >= 0.6 is 11.3 Å². The van der Waals surface area contributed by atoms with Crippen molar-refractivity contribution in [3.63, 3.8) is 0 Å². The maximum Gasteiger partial charge on any atom is 0.161 e. The lowest BCUT2D eigenvalue weighted by Crippen LogP contribution is -1.99. The zero-order valence-electron chi connectivity index (χ0n) is 16.2. The van der Waals surface area contributed by atoms with Gasteiger partial charge in [0.25, 0.3) is 0 Å². The highest BCUT2D eigenvalue weighted by Gasteiger charge is 2.12. The van der Waals surface area contributed by atoms with Crippen molar-refractivity contribution in [2.24, 2.45) is 0 Å². The second-order valence-corrected chi connectivity index (χ2v) is 7.39. The highest BCUT2D eigenvalue weighted by Crippen LogP contribution is 2.36. The third-order valence-corrected chi connectivity index (χ3v) is 5.33. The van der Waals surface area contributed by atoms with Gasteiger partial charge in [0.15, 0.2) is 11.5 Å². The third kappa shape index (κ3) is 4.58. The molecule has 0 bridgehead atoms. The van der Waals surface area contributed by atoms with Crippen molar-refractivity contribution in [1.82, 2.24) is 4.98 Å². The van der Waals surface area contributed by atoms with Gasteiger partial charge in [0.2, 0.25) is 0 Å². The Morgan fingerprint density at radius 3 is 2.38 bits per heavy atom. The maximum atomic E-state index is 6.00. The number of nitrogens with two attached hydrogens (primary N) is 1. The zero-order valence-corrected chi connectivity index (χ0v) is 17.0. The molecule has 0 aliphatic rings. The van der Waals surface area contributed by atoms with E-state index in [9.17, 15) is 0 Å². The average molecular weight is 403 g/mol. The molecular weight excluding hydrogens is 380 g/mol. The first-order valence-corrected chi connectivity index (χ1v) is 10.4. The second-order valence-electron chi connectivity index (χ2n) is 6.53. The summed E-state index contributed by atoms with van der Waals surface area (Å²) in [7, 11) is 0. The van der Waals surface area contributed by atoms with Crippen molar-refractivity contribution in [3.8, 4) is 33.3 Å². The van der Waals surface area contributed by atoms with Crippen molar-refractivity contribution in [1.29, 1.82) is 0 Å².